The van der Waals surface area contributed by atoms with Crippen molar-refractivity contribution >= 4 is 17.4 Å². The Morgan fingerprint density at radius 3 is 2.66 bits per heavy atom. The van der Waals surface area contributed by atoms with Crippen molar-refractivity contribution in [3.8, 4) is 17.2 Å². The van der Waals surface area contributed by atoms with Gasteiger partial charge < -0.3 is 24.2 Å². The third-order valence-corrected chi connectivity index (χ3v) is 6.91. The van der Waals surface area contributed by atoms with Gasteiger partial charge in [-0.1, -0.05) is 30.3 Å². The number of nitrogens with zero attached hydrogens (tertiary/aromatic N) is 1. The van der Waals surface area contributed by atoms with Crippen molar-refractivity contribution in [2.24, 2.45) is 0 Å². The minimum absolute atomic E-state index is 0.00706. The van der Waals surface area contributed by atoms with E-state index in [4.69, 9.17) is 19.3 Å². The number of fused-ring (bicyclic) bond motifs is 1. The van der Waals surface area contributed by atoms with Crippen molar-refractivity contribution in [1.29, 1.82) is 0 Å². The summed E-state index contributed by atoms with van der Waals surface area (Å²) in [5.74, 6) is 2.57. The zero-order valence-electron chi connectivity index (χ0n) is 18.5. The Bertz CT molecular complexity index is 1040. The van der Waals surface area contributed by atoms with Gasteiger partial charge in [-0.15, -0.1) is 11.8 Å². The highest BCUT2D eigenvalue weighted by molar-refractivity contribution is 7.99. The average Bonchev–Trinajstić information content (AvgIpc) is 3.02. The number of hydrogen-bond donors (Lipinski definition) is 1. The van der Waals surface area contributed by atoms with Gasteiger partial charge in [0.2, 0.25) is 0 Å². The molecule has 0 amide bonds. The van der Waals surface area contributed by atoms with Gasteiger partial charge in [0.05, 0.1) is 26.5 Å². The molecule has 0 saturated heterocycles. The van der Waals surface area contributed by atoms with E-state index in [1.54, 1.807) is 14.2 Å². The number of benzene rings is 3. The van der Waals surface area contributed by atoms with Gasteiger partial charge in [-0.05, 0) is 48.4 Å². The predicted molar refractivity (Wildman–Crippen MR) is 129 cm³/mol. The van der Waals surface area contributed by atoms with Crippen LogP contribution in [0.25, 0.3) is 0 Å². The van der Waals surface area contributed by atoms with Crippen LogP contribution in [0.5, 0.6) is 17.2 Å². The van der Waals surface area contributed by atoms with Crippen LogP contribution >= 0.6 is 11.8 Å². The van der Waals surface area contributed by atoms with Crippen molar-refractivity contribution in [2.45, 2.75) is 23.1 Å². The standard InChI is InChI=1S/C26H29NO4S/c1-29-20-10-11-23-26(17-20)32-25(22-8-3-4-9-24(22)30-2)12-13-27(23)18-19-6-5-7-21(16-19)31-15-14-28/h3-11,16-17,25,28H,12-15,18H2,1-2H3/t25-/m0/s1. The zero-order chi connectivity index (χ0) is 22.3. The molecule has 1 heterocycles. The molecule has 5 nitrogen and oxygen atoms in total. The van der Waals surface area contributed by atoms with E-state index in [-0.39, 0.29) is 11.9 Å². The summed E-state index contributed by atoms with van der Waals surface area (Å²) in [6.45, 7) is 1.99. The second kappa shape index (κ2) is 10.7. The van der Waals surface area contributed by atoms with Crippen LogP contribution in [-0.4, -0.2) is 39.1 Å². The van der Waals surface area contributed by atoms with Gasteiger partial charge in [0, 0.05) is 28.8 Å². The number of anilines is 1. The lowest BCUT2D eigenvalue weighted by Gasteiger charge is -2.25. The molecule has 1 N–H and O–H groups in total. The Morgan fingerprint density at radius 2 is 1.84 bits per heavy atom. The Morgan fingerprint density at radius 1 is 0.969 bits per heavy atom. The highest BCUT2D eigenvalue weighted by Crippen LogP contribution is 2.48. The SMILES string of the molecule is COc1ccc2c(c1)S[C@H](c1ccccc1OC)CCN2Cc1cccc(OCCO)c1. The van der Waals surface area contributed by atoms with Crippen LogP contribution in [0, 0.1) is 0 Å². The van der Waals surface area contributed by atoms with E-state index in [2.05, 4.69) is 41.3 Å². The number of ether oxygens (including phenoxy) is 3. The minimum atomic E-state index is 0.00706. The molecule has 1 aliphatic heterocycles. The topological polar surface area (TPSA) is 51.2 Å². The highest BCUT2D eigenvalue weighted by Gasteiger charge is 2.26. The second-order valence-electron chi connectivity index (χ2n) is 7.61. The van der Waals surface area contributed by atoms with Crippen LogP contribution < -0.4 is 19.1 Å². The number of aliphatic hydroxyl groups is 1. The molecule has 0 fully saturated rings. The summed E-state index contributed by atoms with van der Waals surface area (Å²) in [6, 6.07) is 22.7. The van der Waals surface area contributed by atoms with E-state index >= 15 is 0 Å². The Hall–Kier alpha value is -2.83. The van der Waals surface area contributed by atoms with E-state index in [9.17, 15) is 0 Å². The molecule has 0 saturated carbocycles. The summed E-state index contributed by atoms with van der Waals surface area (Å²) in [7, 11) is 3.44. The number of rotatable bonds is 8. The second-order valence-corrected chi connectivity index (χ2v) is 8.86. The Labute approximate surface area is 193 Å². The third kappa shape index (κ3) is 5.14. The smallest absolute Gasteiger partial charge is 0.123 e. The van der Waals surface area contributed by atoms with Gasteiger partial charge in [0.1, 0.15) is 23.9 Å². The molecule has 1 aliphatic rings. The van der Waals surface area contributed by atoms with Crippen molar-refractivity contribution < 1.29 is 19.3 Å². The maximum atomic E-state index is 9.04. The molecule has 0 aliphatic carbocycles. The van der Waals surface area contributed by atoms with Crippen molar-refractivity contribution in [2.75, 3.05) is 38.9 Å². The molecule has 6 heteroatoms. The normalized spacial score (nSPS) is 15.6. The molecular formula is C26H29NO4S. The van der Waals surface area contributed by atoms with E-state index < -0.39 is 0 Å². The van der Waals surface area contributed by atoms with Gasteiger partial charge in [-0.3, -0.25) is 0 Å². The monoisotopic (exact) mass is 451 g/mol. The van der Waals surface area contributed by atoms with Crippen LogP contribution in [0.3, 0.4) is 0 Å². The number of para-hydroxylation sites is 1. The van der Waals surface area contributed by atoms with Crippen molar-refractivity contribution in [3.63, 3.8) is 0 Å². The van der Waals surface area contributed by atoms with E-state index in [0.29, 0.717) is 6.61 Å². The summed E-state index contributed by atoms with van der Waals surface area (Å²) in [6.07, 6.45) is 0.989. The molecule has 0 unspecified atom stereocenters. The Balaban J connectivity index is 1.64. The summed E-state index contributed by atoms with van der Waals surface area (Å²) >= 11 is 1.86. The third-order valence-electron chi connectivity index (χ3n) is 5.56. The Kier molecular flexibility index (Phi) is 7.45. The average molecular weight is 452 g/mol. The first-order chi connectivity index (χ1) is 15.7. The van der Waals surface area contributed by atoms with Gasteiger partial charge in [0.15, 0.2) is 0 Å². The molecule has 0 bridgehead atoms. The molecule has 0 spiro atoms. The maximum Gasteiger partial charge on any atom is 0.123 e. The van der Waals surface area contributed by atoms with Crippen molar-refractivity contribution in [1.82, 2.24) is 0 Å². The summed E-state index contributed by atoms with van der Waals surface area (Å²) in [5, 5.41) is 9.32. The van der Waals surface area contributed by atoms with Crippen LogP contribution in [0.2, 0.25) is 0 Å². The molecular weight excluding hydrogens is 422 g/mol. The number of hydrogen-bond acceptors (Lipinski definition) is 6. The van der Waals surface area contributed by atoms with Crippen LogP contribution in [0.15, 0.2) is 71.6 Å². The molecule has 3 aromatic rings. The molecule has 1 atom stereocenters. The predicted octanol–water partition coefficient (Wildman–Crippen LogP) is 5.32. The molecule has 32 heavy (non-hydrogen) atoms. The fourth-order valence-corrected chi connectivity index (χ4v) is 5.37. The summed E-state index contributed by atoms with van der Waals surface area (Å²) in [5.41, 5.74) is 3.59. The minimum Gasteiger partial charge on any atom is -0.497 e. The summed E-state index contributed by atoms with van der Waals surface area (Å²) < 4.78 is 16.8. The van der Waals surface area contributed by atoms with E-state index in [0.717, 1.165) is 36.8 Å². The number of aliphatic hydroxyl groups excluding tert-OH is 1. The van der Waals surface area contributed by atoms with Crippen molar-refractivity contribution in [3.05, 3.63) is 77.9 Å². The molecule has 168 valence electrons. The van der Waals surface area contributed by atoms with Crippen LogP contribution in [-0.2, 0) is 6.54 Å². The first-order valence-corrected chi connectivity index (χ1v) is 11.6. The molecule has 0 aromatic heterocycles. The van der Waals surface area contributed by atoms with E-state index in [1.165, 1.54) is 21.7 Å². The molecule has 0 radical (unpaired) electrons. The lowest BCUT2D eigenvalue weighted by molar-refractivity contribution is 0.201. The van der Waals surface area contributed by atoms with E-state index in [1.807, 2.05) is 42.1 Å². The lowest BCUT2D eigenvalue weighted by atomic mass is 10.1. The quantitative estimate of drug-likeness (QED) is 0.500. The van der Waals surface area contributed by atoms with Gasteiger partial charge >= 0.3 is 0 Å². The lowest BCUT2D eigenvalue weighted by Crippen LogP contribution is -2.24. The van der Waals surface area contributed by atoms with Gasteiger partial charge in [-0.25, -0.2) is 0 Å². The number of methoxy groups -OCH3 is 2. The summed E-state index contributed by atoms with van der Waals surface area (Å²) in [4.78, 5) is 3.62. The van der Waals surface area contributed by atoms with Gasteiger partial charge in [0.25, 0.3) is 0 Å². The fourth-order valence-electron chi connectivity index (χ4n) is 4.02. The first kappa shape index (κ1) is 22.4. The first-order valence-electron chi connectivity index (χ1n) is 10.8. The maximum absolute atomic E-state index is 9.04. The van der Waals surface area contributed by atoms with Gasteiger partial charge in [-0.2, -0.15) is 0 Å². The number of thioether (sulfide) groups is 1. The van der Waals surface area contributed by atoms with Crippen LogP contribution in [0.4, 0.5) is 5.69 Å². The van der Waals surface area contributed by atoms with Crippen LogP contribution in [0.1, 0.15) is 22.8 Å². The molecule has 4 rings (SSSR count). The fraction of sp³-hybridized carbons (Fsp3) is 0.308. The largest absolute Gasteiger partial charge is 0.497 e. The highest BCUT2D eigenvalue weighted by atomic mass is 32.2. The zero-order valence-corrected chi connectivity index (χ0v) is 19.3. The molecule has 3 aromatic carbocycles.